The van der Waals surface area contributed by atoms with Gasteiger partial charge in [0.2, 0.25) is 5.91 Å². The summed E-state index contributed by atoms with van der Waals surface area (Å²) in [5, 5.41) is 13.6. The number of ether oxygens (including phenoxy) is 1. The van der Waals surface area contributed by atoms with Crippen molar-refractivity contribution in [3.8, 4) is 0 Å². The lowest BCUT2D eigenvalue weighted by molar-refractivity contribution is -0.384. The molecule has 286 valence electrons. The van der Waals surface area contributed by atoms with Crippen molar-refractivity contribution < 1.29 is 19.2 Å². The molecule has 1 atom stereocenters. The molecule has 7 aromatic rings. The van der Waals surface area contributed by atoms with Crippen LogP contribution in [0.4, 0.5) is 5.69 Å². The third kappa shape index (κ3) is 7.17. The molecule has 1 aliphatic heterocycles. The number of amides is 1. The van der Waals surface area contributed by atoms with Crippen LogP contribution in [0.1, 0.15) is 28.7 Å². The predicted molar refractivity (Wildman–Crippen MR) is 235 cm³/mol. The van der Waals surface area contributed by atoms with Crippen LogP contribution in [0.5, 0.6) is 0 Å². The van der Waals surface area contributed by atoms with Crippen molar-refractivity contribution in [2.75, 3.05) is 0 Å². The summed E-state index contributed by atoms with van der Waals surface area (Å²) < 4.78 is 5.49. The van der Waals surface area contributed by atoms with Crippen LogP contribution in [-0.4, -0.2) is 32.5 Å². The van der Waals surface area contributed by atoms with Crippen molar-refractivity contribution in [3.63, 3.8) is 0 Å². The molecule has 9 heteroatoms. The quantitative estimate of drug-likeness (QED) is 0.0289. The van der Waals surface area contributed by atoms with Crippen molar-refractivity contribution in [1.29, 1.82) is 0 Å². The van der Waals surface area contributed by atoms with Gasteiger partial charge in [0.25, 0.3) is 5.69 Å². The number of non-ortho nitro benzene ring substituents is 1. The molecule has 1 heterocycles. The molecule has 0 aromatic heterocycles. The molecule has 0 aliphatic carbocycles. The largest absolute Gasteiger partial charge is 0.456 e. The number of β-lactam (4-membered cyclic amide) rings is 1. The van der Waals surface area contributed by atoms with Gasteiger partial charge in [-0.25, -0.2) is 4.79 Å². The lowest BCUT2D eigenvalue weighted by atomic mass is 9.84. The summed E-state index contributed by atoms with van der Waals surface area (Å²) >= 11 is 1.65. The van der Waals surface area contributed by atoms with Crippen molar-refractivity contribution in [3.05, 3.63) is 239 Å². The van der Waals surface area contributed by atoms with Gasteiger partial charge >= 0.3 is 5.97 Å². The smallest absolute Gasteiger partial charge is 0.356 e. The van der Waals surface area contributed by atoms with Crippen molar-refractivity contribution in [2.45, 2.75) is 23.1 Å². The molecule has 1 amide bonds. The normalized spacial score (nSPS) is 14.0. The van der Waals surface area contributed by atoms with E-state index in [1.54, 1.807) is 28.8 Å². The zero-order valence-electron chi connectivity index (χ0n) is 31.4. The standard InChI is InChI=1S/C49H39N2O5PS/c52-45-35-46(58-49(38-19-7-1-8-20-38,39-21-9-2-10-22-39)40-23-11-3-12-24-40)50(45)47(48(53)56-36-37-31-33-41(34-32-37)51(54)55)57(42-25-13-4-14-26-42,43-27-15-5-16-28-43)44-29-17-6-18-30-44/h1-34,46H,35-36H2. The minimum atomic E-state index is -3.19. The minimum Gasteiger partial charge on any atom is -0.456 e. The zero-order valence-corrected chi connectivity index (χ0v) is 33.1. The number of carbonyl (C=O) groups excluding carboxylic acids is 2. The summed E-state index contributed by atoms with van der Waals surface area (Å²) in [6.07, 6.45) is 0.191. The average Bonchev–Trinajstić information content (AvgIpc) is 3.29. The van der Waals surface area contributed by atoms with Crippen LogP contribution in [0.25, 0.3) is 0 Å². The molecule has 58 heavy (non-hydrogen) atoms. The van der Waals surface area contributed by atoms with E-state index in [4.69, 9.17) is 4.74 Å². The second-order valence-electron chi connectivity index (χ2n) is 13.8. The Morgan fingerprint density at radius 1 is 0.621 bits per heavy atom. The Labute approximate surface area is 342 Å². The Morgan fingerprint density at radius 3 is 1.36 bits per heavy atom. The average molecular weight is 799 g/mol. The Hall–Kier alpha value is -6.47. The minimum absolute atomic E-state index is 0.0609. The highest BCUT2D eigenvalue weighted by molar-refractivity contribution is 8.01. The summed E-state index contributed by atoms with van der Waals surface area (Å²) in [6.45, 7) is -3.35. The third-order valence-electron chi connectivity index (χ3n) is 10.4. The SMILES string of the molecule is O=C(OCc1ccc([N+](=O)[O-])cc1)C(N1C(=O)CC1SC(c1ccccc1)(c1ccccc1)c1ccccc1)=P(c1ccccc1)(c1ccccc1)c1ccccc1. The summed E-state index contributed by atoms with van der Waals surface area (Å²) in [7, 11) is 0. The molecule has 1 aliphatic rings. The van der Waals surface area contributed by atoms with Crippen molar-refractivity contribution >= 4 is 57.5 Å². The fraction of sp³-hybridized carbons (Fsp3) is 0.0816. The van der Waals surface area contributed by atoms with E-state index in [0.29, 0.717) is 5.56 Å². The van der Waals surface area contributed by atoms with Crippen LogP contribution >= 0.6 is 18.6 Å². The van der Waals surface area contributed by atoms with Gasteiger partial charge in [-0.15, -0.1) is 11.8 Å². The molecule has 1 saturated heterocycles. The van der Waals surface area contributed by atoms with E-state index in [1.165, 1.54) is 12.1 Å². The first-order valence-corrected chi connectivity index (χ1v) is 21.6. The van der Waals surface area contributed by atoms with E-state index in [1.807, 2.05) is 146 Å². The first kappa shape index (κ1) is 38.4. The Kier molecular flexibility index (Phi) is 11.2. The predicted octanol–water partition coefficient (Wildman–Crippen LogP) is 9.05. The summed E-state index contributed by atoms with van der Waals surface area (Å²) in [4.78, 5) is 42.7. The number of benzene rings is 7. The topological polar surface area (TPSA) is 89.8 Å². The van der Waals surface area contributed by atoms with E-state index in [0.717, 1.165) is 32.6 Å². The van der Waals surface area contributed by atoms with E-state index in [-0.39, 0.29) is 30.0 Å². The lowest BCUT2D eigenvalue weighted by Gasteiger charge is -2.48. The summed E-state index contributed by atoms with van der Waals surface area (Å²) in [5.74, 6) is -0.818. The van der Waals surface area contributed by atoms with Gasteiger partial charge in [0.15, 0.2) is 0 Å². The molecule has 0 spiro atoms. The fourth-order valence-corrected chi connectivity index (χ4v) is 14.0. The second-order valence-corrected chi connectivity index (χ2v) is 18.5. The van der Waals surface area contributed by atoms with Crippen LogP contribution in [-0.2, 0) is 25.7 Å². The van der Waals surface area contributed by atoms with Gasteiger partial charge in [-0.05, 0) is 50.3 Å². The molecule has 1 fully saturated rings. The van der Waals surface area contributed by atoms with Crippen LogP contribution in [0.15, 0.2) is 206 Å². The van der Waals surface area contributed by atoms with Crippen LogP contribution < -0.4 is 15.9 Å². The van der Waals surface area contributed by atoms with E-state index in [9.17, 15) is 14.9 Å². The van der Waals surface area contributed by atoms with E-state index in [2.05, 4.69) is 36.4 Å². The van der Waals surface area contributed by atoms with Crippen LogP contribution in [0.3, 0.4) is 0 Å². The number of esters is 1. The number of hydrogen-bond donors (Lipinski definition) is 0. The molecule has 0 saturated carbocycles. The van der Waals surface area contributed by atoms with Gasteiger partial charge in [-0.3, -0.25) is 19.8 Å². The van der Waals surface area contributed by atoms with Gasteiger partial charge in [-0.1, -0.05) is 182 Å². The molecule has 1 unspecified atom stereocenters. The highest BCUT2D eigenvalue weighted by Crippen LogP contribution is 2.55. The van der Waals surface area contributed by atoms with Crippen LogP contribution in [0.2, 0.25) is 0 Å². The Balaban J connectivity index is 1.39. The number of rotatable bonds is 13. The molecule has 0 N–H and O–H groups in total. The Morgan fingerprint density at radius 2 is 1.00 bits per heavy atom. The number of carbonyl (C=O) groups is 2. The Bertz CT molecular complexity index is 2380. The highest BCUT2D eigenvalue weighted by Gasteiger charge is 2.51. The molecule has 7 aromatic carbocycles. The molecule has 0 bridgehead atoms. The fourth-order valence-electron chi connectivity index (χ4n) is 7.76. The maximum absolute atomic E-state index is 15.4. The molecular formula is C49H39N2O5PS. The van der Waals surface area contributed by atoms with Crippen LogP contribution in [0, 0.1) is 10.1 Å². The monoisotopic (exact) mass is 798 g/mol. The second kappa shape index (κ2) is 16.9. The molecule has 8 rings (SSSR count). The summed E-state index contributed by atoms with van der Waals surface area (Å²) in [5.41, 5.74) is 3.90. The molecule has 0 radical (unpaired) electrons. The number of nitrogens with zero attached hydrogens (tertiary/aromatic N) is 2. The van der Waals surface area contributed by atoms with E-state index < -0.39 is 27.9 Å². The maximum Gasteiger partial charge on any atom is 0.356 e. The van der Waals surface area contributed by atoms with Gasteiger partial charge in [0, 0.05) is 19.0 Å². The number of hydrogen-bond acceptors (Lipinski definition) is 6. The zero-order chi connectivity index (χ0) is 40.0. The summed E-state index contributed by atoms with van der Waals surface area (Å²) in [6, 6.07) is 66.7. The number of likely N-dealkylation sites (tertiary alicyclic amines) is 1. The van der Waals surface area contributed by atoms with Gasteiger partial charge in [0.1, 0.15) is 12.0 Å². The van der Waals surface area contributed by atoms with Gasteiger partial charge in [-0.2, -0.15) is 0 Å². The first-order valence-electron chi connectivity index (χ1n) is 18.9. The first-order chi connectivity index (χ1) is 28.4. The lowest BCUT2D eigenvalue weighted by Crippen LogP contribution is -2.59. The maximum atomic E-state index is 15.4. The number of nitro groups is 1. The third-order valence-corrected chi connectivity index (χ3v) is 16.4. The highest BCUT2D eigenvalue weighted by atomic mass is 32.2. The number of thioether (sulfide) groups is 1. The van der Waals surface area contributed by atoms with Crippen molar-refractivity contribution in [2.24, 2.45) is 0 Å². The van der Waals surface area contributed by atoms with Gasteiger partial charge in [0.05, 0.1) is 21.5 Å². The van der Waals surface area contributed by atoms with Gasteiger partial charge < -0.3 is 4.74 Å². The van der Waals surface area contributed by atoms with E-state index >= 15 is 4.79 Å². The molecule has 7 nitrogen and oxygen atoms in total. The van der Waals surface area contributed by atoms with Crippen molar-refractivity contribution in [1.82, 2.24) is 4.90 Å². The number of nitro benzene ring substituents is 1. The molecular weight excluding hydrogens is 760 g/mol.